The number of nitrogens with one attached hydrogen (secondary N) is 1. The lowest BCUT2D eigenvalue weighted by atomic mass is 10.00. The Labute approximate surface area is 119 Å². The molecular formula is C14H11ClN4O. The highest BCUT2D eigenvalue weighted by molar-refractivity contribution is 6.31. The minimum atomic E-state index is -0.202. The molecule has 3 rings (SSSR count). The summed E-state index contributed by atoms with van der Waals surface area (Å²) in [5, 5.41) is 4.76. The Bertz CT molecular complexity index is 822. The maximum absolute atomic E-state index is 11.5. The number of H-pyrrole nitrogens is 1. The standard InChI is InChI=1S/C14H11ClN4O/c1-19-7-9(6-18-19)11-3-2-10(15)4-12(11)13-5-14(20)17-8-16-13/h2-8H,1H3,(H,16,17,20). The molecule has 100 valence electrons. The van der Waals surface area contributed by atoms with E-state index in [0.717, 1.165) is 16.7 Å². The molecule has 5 nitrogen and oxygen atoms in total. The van der Waals surface area contributed by atoms with Crippen LogP contribution >= 0.6 is 11.6 Å². The Kier molecular flexibility index (Phi) is 3.12. The Morgan fingerprint density at radius 2 is 2.10 bits per heavy atom. The number of benzene rings is 1. The van der Waals surface area contributed by atoms with Gasteiger partial charge in [-0.05, 0) is 17.7 Å². The van der Waals surface area contributed by atoms with Gasteiger partial charge < -0.3 is 4.98 Å². The first kappa shape index (κ1) is 12.6. The number of halogens is 1. The number of aryl methyl sites for hydroxylation is 1. The van der Waals surface area contributed by atoms with Crippen LogP contribution < -0.4 is 5.56 Å². The third-order valence-electron chi connectivity index (χ3n) is 2.95. The summed E-state index contributed by atoms with van der Waals surface area (Å²) in [4.78, 5) is 18.2. The molecule has 0 fully saturated rings. The third kappa shape index (κ3) is 2.35. The molecule has 2 aromatic heterocycles. The zero-order valence-electron chi connectivity index (χ0n) is 10.7. The number of rotatable bonds is 2. The maximum atomic E-state index is 11.5. The Balaban J connectivity index is 2.24. The van der Waals surface area contributed by atoms with Crippen molar-refractivity contribution in [1.82, 2.24) is 19.7 Å². The summed E-state index contributed by atoms with van der Waals surface area (Å²) in [5.41, 5.74) is 3.06. The smallest absolute Gasteiger partial charge is 0.251 e. The first-order valence-corrected chi connectivity index (χ1v) is 6.35. The third-order valence-corrected chi connectivity index (χ3v) is 3.19. The van der Waals surface area contributed by atoms with Gasteiger partial charge in [0.15, 0.2) is 0 Å². The van der Waals surface area contributed by atoms with Gasteiger partial charge in [-0.3, -0.25) is 9.48 Å². The van der Waals surface area contributed by atoms with Crippen LogP contribution in [-0.4, -0.2) is 19.7 Å². The molecule has 0 unspecified atom stereocenters. The Morgan fingerprint density at radius 3 is 2.80 bits per heavy atom. The first-order chi connectivity index (χ1) is 9.63. The molecule has 1 N–H and O–H groups in total. The number of hydrogen-bond acceptors (Lipinski definition) is 3. The number of aromatic amines is 1. The second kappa shape index (κ2) is 4.94. The number of aromatic nitrogens is 4. The predicted molar refractivity (Wildman–Crippen MR) is 77.5 cm³/mol. The zero-order chi connectivity index (χ0) is 14.1. The van der Waals surface area contributed by atoms with Crippen LogP contribution in [-0.2, 0) is 7.05 Å². The molecule has 0 aliphatic carbocycles. The quantitative estimate of drug-likeness (QED) is 0.787. The normalized spacial score (nSPS) is 10.7. The highest BCUT2D eigenvalue weighted by Gasteiger charge is 2.11. The molecule has 0 saturated carbocycles. The molecule has 0 atom stereocenters. The molecule has 20 heavy (non-hydrogen) atoms. The van der Waals surface area contributed by atoms with Gasteiger partial charge in [-0.15, -0.1) is 0 Å². The summed E-state index contributed by atoms with van der Waals surface area (Å²) < 4.78 is 1.72. The summed E-state index contributed by atoms with van der Waals surface area (Å²) in [5.74, 6) is 0. The van der Waals surface area contributed by atoms with E-state index in [-0.39, 0.29) is 5.56 Å². The molecular weight excluding hydrogens is 276 g/mol. The van der Waals surface area contributed by atoms with Crippen LogP contribution in [0.15, 0.2) is 47.8 Å². The molecule has 0 saturated heterocycles. The zero-order valence-corrected chi connectivity index (χ0v) is 11.4. The molecule has 3 aromatic rings. The van der Waals surface area contributed by atoms with Gasteiger partial charge in [-0.1, -0.05) is 17.7 Å². The molecule has 0 spiro atoms. The second-order valence-electron chi connectivity index (χ2n) is 4.39. The minimum Gasteiger partial charge on any atom is -0.313 e. The molecule has 2 heterocycles. The van der Waals surface area contributed by atoms with Gasteiger partial charge in [0, 0.05) is 35.5 Å². The largest absolute Gasteiger partial charge is 0.313 e. The van der Waals surface area contributed by atoms with Crippen molar-refractivity contribution in [3.05, 3.63) is 58.4 Å². The maximum Gasteiger partial charge on any atom is 0.251 e. The first-order valence-electron chi connectivity index (χ1n) is 5.97. The van der Waals surface area contributed by atoms with E-state index in [4.69, 9.17) is 11.6 Å². The van der Waals surface area contributed by atoms with Crippen molar-refractivity contribution in [3.63, 3.8) is 0 Å². The van der Waals surface area contributed by atoms with Gasteiger partial charge in [0.25, 0.3) is 5.56 Å². The molecule has 0 aliphatic heterocycles. The SMILES string of the molecule is Cn1cc(-c2ccc(Cl)cc2-c2cc(=O)[nH]cn2)cn1. The molecule has 6 heteroatoms. The predicted octanol–water partition coefficient (Wildman–Crippen LogP) is 2.49. The second-order valence-corrected chi connectivity index (χ2v) is 4.83. The van der Waals surface area contributed by atoms with Crippen molar-refractivity contribution < 1.29 is 0 Å². The molecule has 0 aliphatic rings. The highest BCUT2D eigenvalue weighted by atomic mass is 35.5. The fourth-order valence-electron chi connectivity index (χ4n) is 2.06. The Hall–Kier alpha value is -2.40. The lowest BCUT2D eigenvalue weighted by molar-refractivity contribution is 0.768. The number of hydrogen-bond donors (Lipinski definition) is 1. The van der Waals surface area contributed by atoms with Crippen molar-refractivity contribution >= 4 is 11.6 Å². The van der Waals surface area contributed by atoms with Crippen molar-refractivity contribution in [2.45, 2.75) is 0 Å². The number of nitrogens with zero attached hydrogens (tertiary/aromatic N) is 3. The molecule has 0 bridgehead atoms. The Morgan fingerprint density at radius 1 is 1.25 bits per heavy atom. The monoisotopic (exact) mass is 286 g/mol. The lowest BCUT2D eigenvalue weighted by Crippen LogP contribution is -2.04. The summed E-state index contributed by atoms with van der Waals surface area (Å²) in [6.45, 7) is 0. The van der Waals surface area contributed by atoms with Crippen LogP contribution in [0.3, 0.4) is 0 Å². The topological polar surface area (TPSA) is 63.6 Å². The fraction of sp³-hybridized carbons (Fsp3) is 0.0714. The van der Waals surface area contributed by atoms with Gasteiger partial charge in [0.2, 0.25) is 0 Å². The van der Waals surface area contributed by atoms with Gasteiger partial charge in [-0.25, -0.2) is 4.98 Å². The average molecular weight is 287 g/mol. The van der Waals surface area contributed by atoms with E-state index in [1.807, 2.05) is 19.3 Å². The minimum absolute atomic E-state index is 0.202. The van der Waals surface area contributed by atoms with E-state index < -0.39 is 0 Å². The average Bonchev–Trinajstić information content (AvgIpc) is 2.85. The van der Waals surface area contributed by atoms with Crippen LogP contribution in [0.25, 0.3) is 22.4 Å². The van der Waals surface area contributed by atoms with E-state index in [9.17, 15) is 4.79 Å². The van der Waals surface area contributed by atoms with Crippen molar-refractivity contribution in [2.75, 3.05) is 0 Å². The van der Waals surface area contributed by atoms with E-state index in [1.165, 1.54) is 12.4 Å². The van der Waals surface area contributed by atoms with E-state index in [0.29, 0.717) is 10.7 Å². The van der Waals surface area contributed by atoms with Gasteiger partial charge in [0.1, 0.15) is 0 Å². The summed E-state index contributed by atoms with van der Waals surface area (Å²) >= 11 is 6.06. The van der Waals surface area contributed by atoms with E-state index in [2.05, 4.69) is 15.1 Å². The van der Waals surface area contributed by atoms with Crippen molar-refractivity contribution in [2.24, 2.45) is 7.05 Å². The van der Waals surface area contributed by atoms with Crippen LogP contribution in [0.2, 0.25) is 5.02 Å². The molecule has 0 amide bonds. The van der Waals surface area contributed by atoms with E-state index in [1.54, 1.807) is 23.0 Å². The van der Waals surface area contributed by atoms with Crippen LogP contribution in [0, 0.1) is 0 Å². The van der Waals surface area contributed by atoms with Crippen molar-refractivity contribution in [3.8, 4) is 22.4 Å². The molecule has 0 radical (unpaired) electrons. The summed E-state index contributed by atoms with van der Waals surface area (Å²) in [6.07, 6.45) is 5.05. The van der Waals surface area contributed by atoms with Gasteiger partial charge >= 0.3 is 0 Å². The highest BCUT2D eigenvalue weighted by Crippen LogP contribution is 2.32. The van der Waals surface area contributed by atoms with E-state index >= 15 is 0 Å². The summed E-state index contributed by atoms with van der Waals surface area (Å²) in [7, 11) is 1.85. The van der Waals surface area contributed by atoms with Crippen LogP contribution in [0.1, 0.15) is 0 Å². The van der Waals surface area contributed by atoms with Gasteiger partial charge in [0.05, 0.1) is 18.2 Å². The lowest BCUT2D eigenvalue weighted by Gasteiger charge is -2.07. The van der Waals surface area contributed by atoms with Gasteiger partial charge in [-0.2, -0.15) is 5.10 Å². The van der Waals surface area contributed by atoms with Crippen molar-refractivity contribution in [1.29, 1.82) is 0 Å². The summed E-state index contributed by atoms with van der Waals surface area (Å²) in [6, 6.07) is 6.95. The van der Waals surface area contributed by atoms with Crippen LogP contribution in [0.5, 0.6) is 0 Å². The van der Waals surface area contributed by atoms with Crippen LogP contribution in [0.4, 0.5) is 0 Å². The molecule has 1 aromatic carbocycles. The fourth-order valence-corrected chi connectivity index (χ4v) is 2.23.